The van der Waals surface area contributed by atoms with E-state index >= 15 is 0 Å². The van der Waals surface area contributed by atoms with Crippen molar-refractivity contribution >= 4 is 18.1 Å². The Bertz CT molecular complexity index is 765. The topological polar surface area (TPSA) is 53.1 Å². The molecule has 0 spiro atoms. The number of unbranched alkanes of at least 4 members (excludes halogenated alkanes) is 1. The first-order valence-corrected chi connectivity index (χ1v) is 9.91. The Kier molecular flexibility index (Phi) is 6.63. The summed E-state index contributed by atoms with van der Waals surface area (Å²) in [5.74, 6) is 0.813. The molecule has 6 heteroatoms. The van der Waals surface area contributed by atoms with Gasteiger partial charge in [0, 0.05) is 36.7 Å². The zero-order chi connectivity index (χ0) is 18.4. The molecule has 1 aromatic heterocycles. The maximum absolute atomic E-state index is 12.3. The van der Waals surface area contributed by atoms with E-state index in [0.717, 1.165) is 37.5 Å². The quantitative estimate of drug-likeness (QED) is 0.574. The molecule has 1 amide bonds. The van der Waals surface area contributed by atoms with Crippen LogP contribution in [0.1, 0.15) is 43.0 Å². The lowest BCUT2D eigenvalue weighted by molar-refractivity contribution is 0.0952. The van der Waals surface area contributed by atoms with E-state index in [0.29, 0.717) is 10.3 Å². The van der Waals surface area contributed by atoms with Crippen molar-refractivity contribution in [2.24, 2.45) is 5.92 Å². The number of hydrogen-bond donors (Lipinski definition) is 2. The summed E-state index contributed by atoms with van der Waals surface area (Å²) in [4.78, 5) is 17.8. The fourth-order valence-corrected chi connectivity index (χ4v) is 3.79. The highest BCUT2D eigenvalue weighted by atomic mass is 32.1. The Hall–Kier alpha value is -1.92. The lowest BCUT2D eigenvalue weighted by Gasteiger charge is -2.30. The van der Waals surface area contributed by atoms with Crippen molar-refractivity contribution in [3.63, 3.8) is 0 Å². The Labute approximate surface area is 160 Å². The summed E-state index contributed by atoms with van der Waals surface area (Å²) in [6, 6.07) is 7.51. The molecule has 0 bridgehead atoms. The number of piperidine rings is 1. The van der Waals surface area contributed by atoms with Gasteiger partial charge >= 0.3 is 0 Å². The number of imidazole rings is 1. The average molecular weight is 373 g/mol. The van der Waals surface area contributed by atoms with Crippen molar-refractivity contribution in [1.29, 1.82) is 0 Å². The van der Waals surface area contributed by atoms with Crippen LogP contribution in [-0.4, -0.2) is 46.5 Å². The molecule has 1 aromatic carbocycles. The van der Waals surface area contributed by atoms with Crippen LogP contribution in [0.5, 0.6) is 0 Å². The van der Waals surface area contributed by atoms with Crippen molar-refractivity contribution in [3.8, 4) is 5.69 Å². The van der Waals surface area contributed by atoms with E-state index in [2.05, 4.69) is 22.1 Å². The number of hydrogen-bond acceptors (Lipinski definition) is 3. The highest BCUT2D eigenvalue weighted by Gasteiger charge is 2.15. The van der Waals surface area contributed by atoms with Gasteiger partial charge in [0.15, 0.2) is 4.77 Å². The fourth-order valence-electron chi connectivity index (χ4n) is 3.55. The van der Waals surface area contributed by atoms with Crippen LogP contribution in [0.15, 0.2) is 36.7 Å². The van der Waals surface area contributed by atoms with E-state index < -0.39 is 0 Å². The van der Waals surface area contributed by atoms with Gasteiger partial charge in [0.25, 0.3) is 5.91 Å². The van der Waals surface area contributed by atoms with Crippen molar-refractivity contribution in [1.82, 2.24) is 19.8 Å². The summed E-state index contributed by atoms with van der Waals surface area (Å²) < 4.78 is 2.52. The molecule has 0 aliphatic carbocycles. The molecular formula is C20H28N4OS. The predicted octanol–water partition coefficient (Wildman–Crippen LogP) is 3.78. The van der Waals surface area contributed by atoms with Gasteiger partial charge in [-0.1, -0.05) is 6.92 Å². The van der Waals surface area contributed by atoms with E-state index in [1.54, 1.807) is 6.20 Å². The molecule has 1 saturated heterocycles. The maximum Gasteiger partial charge on any atom is 0.251 e. The largest absolute Gasteiger partial charge is 0.352 e. The summed E-state index contributed by atoms with van der Waals surface area (Å²) in [6.07, 6.45) is 8.52. The summed E-state index contributed by atoms with van der Waals surface area (Å²) in [5, 5.41) is 3.02. The molecule has 1 atom stereocenters. The number of amides is 1. The van der Waals surface area contributed by atoms with Crippen molar-refractivity contribution in [2.75, 3.05) is 26.2 Å². The van der Waals surface area contributed by atoms with Crippen LogP contribution in [-0.2, 0) is 0 Å². The molecule has 1 aliphatic heterocycles. The molecule has 0 radical (unpaired) electrons. The number of nitrogens with one attached hydrogen (secondary N) is 2. The Morgan fingerprint density at radius 2 is 2.12 bits per heavy atom. The normalized spacial score (nSPS) is 18.0. The predicted molar refractivity (Wildman–Crippen MR) is 107 cm³/mol. The molecule has 1 aliphatic rings. The van der Waals surface area contributed by atoms with Crippen LogP contribution in [0, 0.1) is 10.7 Å². The number of aromatic amines is 1. The first-order valence-electron chi connectivity index (χ1n) is 9.50. The zero-order valence-corrected chi connectivity index (χ0v) is 16.2. The lowest BCUT2D eigenvalue weighted by Crippen LogP contribution is -2.35. The first-order chi connectivity index (χ1) is 12.6. The average Bonchev–Trinajstić information content (AvgIpc) is 3.07. The number of nitrogens with zero attached hydrogens (tertiary/aromatic N) is 2. The Morgan fingerprint density at radius 3 is 2.81 bits per heavy atom. The molecule has 0 unspecified atom stereocenters. The monoisotopic (exact) mass is 372 g/mol. The van der Waals surface area contributed by atoms with E-state index in [9.17, 15) is 4.79 Å². The van der Waals surface area contributed by atoms with Crippen LogP contribution in [0.3, 0.4) is 0 Å². The molecule has 26 heavy (non-hydrogen) atoms. The van der Waals surface area contributed by atoms with Crippen molar-refractivity contribution in [3.05, 3.63) is 47.0 Å². The number of H-pyrrole nitrogens is 1. The van der Waals surface area contributed by atoms with Gasteiger partial charge in [-0.15, -0.1) is 0 Å². The number of likely N-dealkylation sites (tertiary alicyclic amines) is 1. The van der Waals surface area contributed by atoms with E-state index in [4.69, 9.17) is 12.2 Å². The third kappa shape index (κ3) is 5.05. The number of rotatable bonds is 7. The molecule has 2 aromatic rings. The third-order valence-corrected chi connectivity index (χ3v) is 5.30. The van der Waals surface area contributed by atoms with Crippen molar-refractivity contribution in [2.45, 2.75) is 32.6 Å². The second-order valence-electron chi connectivity index (χ2n) is 7.19. The minimum absolute atomic E-state index is 0.0131. The molecule has 2 heterocycles. The van der Waals surface area contributed by atoms with Gasteiger partial charge in [-0.05, 0) is 81.2 Å². The molecule has 5 nitrogen and oxygen atoms in total. The minimum atomic E-state index is -0.0131. The second kappa shape index (κ2) is 9.14. The number of carbonyl (C=O) groups is 1. The lowest BCUT2D eigenvalue weighted by atomic mass is 10.0. The highest BCUT2D eigenvalue weighted by Crippen LogP contribution is 2.15. The van der Waals surface area contributed by atoms with Crippen molar-refractivity contribution < 1.29 is 4.79 Å². The van der Waals surface area contributed by atoms with Gasteiger partial charge in [-0.3, -0.25) is 9.36 Å². The summed E-state index contributed by atoms with van der Waals surface area (Å²) >= 11 is 5.21. The summed E-state index contributed by atoms with van der Waals surface area (Å²) in [6.45, 7) is 6.67. The zero-order valence-electron chi connectivity index (χ0n) is 15.4. The van der Waals surface area contributed by atoms with Crippen LogP contribution in [0.4, 0.5) is 0 Å². The van der Waals surface area contributed by atoms with Gasteiger partial charge < -0.3 is 15.2 Å². The molecule has 0 saturated carbocycles. The van der Waals surface area contributed by atoms with E-state index in [1.807, 2.05) is 35.0 Å². The smallest absolute Gasteiger partial charge is 0.251 e. The number of aromatic nitrogens is 2. The van der Waals surface area contributed by atoms with Crippen LogP contribution < -0.4 is 5.32 Å². The van der Waals surface area contributed by atoms with Crippen LogP contribution >= 0.6 is 12.2 Å². The highest BCUT2D eigenvalue weighted by molar-refractivity contribution is 7.71. The van der Waals surface area contributed by atoms with Gasteiger partial charge in [-0.2, -0.15) is 0 Å². The van der Waals surface area contributed by atoms with Gasteiger partial charge in [-0.25, -0.2) is 0 Å². The standard InChI is InChI=1S/C20H28N4OS/c1-16-5-4-13-23(15-16)12-3-2-10-21-19(25)17-6-8-18(9-7-17)24-14-11-22-20(24)26/h6-9,11,14,16H,2-5,10,12-13,15H2,1H3,(H,21,25)(H,22,26)/t16-/m0/s1. The van der Waals surface area contributed by atoms with E-state index in [1.165, 1.54) is 25.9 Å². The molecule has 1 fully saturated rings. The summed E-state index contributed by atoms with van der Waals surface area (Å²) in [5.41, 5.74) is 1.63. The van der Waals surface area contributed by atoms with Gasteiger partial charge in [0.1, 0.15) is 0 Å². The number of benzene rings is 1. The summed E-state index contributed by atoms with van der Waals surface area (Å²) in [7, 11) is 0. The fraction of sp³-hybridized carbons (Fsp3) is 0.500. The minimum Gasteiger partial charge on any atom is -0.352 e. The Balaban J connectivity index is 1.39. The van der Waals surface area contributed by atoms with E-state index in [-0.39, 0.29) is 5.91 Å². The SMILES string of the molecule is C[C@H]1CCCN(CCCCNC(=O)c2ccc(-n3cc[nH]c3=S)cc2)C1. The molecule has 2 N–H and O–H groups in total. The molecule has 3 rings (SSSR count). The van der Waals surface area contributed by atoms with Gasteiger partial charge in [0.05, 0.1) is 0 Å². The molecule has 140 valence electrons. The molecular weight excluding hydrogens is 344 g/mol. The Morgan fingerprint density at radius 1 is 1.31 bits per heavy atom. The third-order valence-electron chi connectivity index (χ3n) is 4.98. The van der Waals surface area contributed by atoms with Gasteiger partial charge in [0.2, 0.25) is 0 Å². The first kappa shape index (κ1) is 18.9. The van der Waals surface area contributed by atoms with Crippen LogP contribution in [0.25, 0.3) is 5.69 Å². The second-order valence-corrected chi connectivity index (χ2v) is 7.58. The number of carbonyl (C=O) groups excluding carboxylic acids is 1. The van der Waals surface area contributed by atoms with Crippen LogP contribution in [0.2, 0.25) is 0 Å². The maximum atomic E-state index is 12.3.